The lowest BCUT2D eigenvalue weighted by Crippen LogP contribution is -2.38. The van der Waals surface area contributed by atoms with E-state index in [0.717, 1.165) is 28.6 Å². The van der Waals surface area contributed by atoms with E-state index >= 15 is 0 Å². The molecule has 0 saturated heterocycles. The number of fused-ring (bicyclic) bond motifs is 1. The molecule has 7 heteroatoms. The van der Waals surface area contributed by atoms with E-state index in [-0.39, 0.29) is 31.2 Å². The molecular weight excluding hydrogens is 420 g/mol. The SMILES string of the molecule is CCCN(CC(=O)Nc1ccccc1C)C(=O)CCc1c(C)c2ccc(OC)cc2oc1=O. The van der Waals surface area contributed by atoms with Crippen LogP contribution in [0.5, 0.6) is 5.75 Å². The molecular formula is C26H30N2O5. The van der Waals surface area contributed by atoms with Crippen molar-refractivity contribution in [2.24, 2.45) is 0 Å². The number of hydrogen-bond acceptors (Lipinski definition) is 5. The Morgan fingerprint density at radius 2 is 1.88 bits per heavy atom. The van der Waals surface area contributed by atoms with E-state index in [0.29, 0.717) is 23.4 Å². The van der Waals surface area contributed by atoms with E-state index in [2.05, 4.69) is 5.32 Å². The monoisotopic (exact) mass is 450 g/mol. The van der Waals surface area contributed by atoms with Crippen molar-refractivity contribution in [3.8, 4) is 5.75 Å². The van der Waals surface area contributed by atoms with Gasteiger partial charge in [-0.25, -0.2) is 4.79 Å². The Morgan fingerprint density at radius 1 is 1.12 bits per heavy atom. The zero-order valence-corrected chi connectivity index (χ0v) is 19.6. The van der Waals surface area contributed by atoms with Gasteiger partial charge in [0.1, 0.15) is 11.3 Å². The molecule has 7 nitrogen and oxygen atoms in total. The molecule has 0 aliphatic rings. The van der Waals surface area contributed by atoms with Crippen LogP contribution in [0.4, 0.5) is 5.69 Å². The van der Waals surface area contributed by atoms with Crippen molar-refractivity contribution in [1.82, 2.24) is 4.90 Å². The predicted octanol–water partition coefficient (Wildman–Crippen LogP) is 4.23. The van der Waals surface area contributed by atoms with E-state index in [4.69, 9.17) is 9.15 Å². The van der Waals surface area contributed by atoms with Gasteiger partial charge in [-0.2, -0.15) is 0 Å². The van der Waals surface area contributed by atoms with Crippen molar-refractivity contribution in [1.29, 1.82) is 0 Å². The summed E-state index contributed by atoms with van der Waals surface area (Å²) in [5, 5.41) is 3.67. The summed E-state index contributed by atoms with van der Waals surface area (Å²) in [5.74, 6) is 0.180. The van der Waals surface area contributed by atoms with Crippen molar-refractivity contribution in [3.63, 3.8) is 0 Å². The minimum absolute atomic E-state index is 0.0356. The first kappa shape index (κ1) is 24.0. The molecule has 0 unspecified atom stereocenters. The smallest absolute Gasteiger partial charge is 0.339 e. The van der Waals surface area contributed by atoms with Crippen molar-refractivity contribution in [2.45, 2.75) is 40.0 Å². The third kappa shape index (κ3) is 5.80. The normalized spacial score (nSPS) is 10.8. The molecule has 1 N–H and O–H groups in total. The number of carbonyl (C=O) groups is 2. The summed E-state index contributed by atoms with van der Waals surface area (Å²) in [6, 6.07) is 12.8. The highest BCUT2D eigenvalue weighted by Gasteiger charge is 2.19. The second kappa shape index (κ2) is 10.8. The molecule has 2 aromatic carbocycles. The summed E-state index contributed by atoms with van der Waals surface area (Å²) in [5.41, 5.74) is 2.94. The molecule has 0 atom stereocenters. The summed E-state index contributed by atoms with van der Waals surface area (Å²) in [7, 11) is 1.55. The van der Waals surface area contributed by atoms with Gasteiger partial charge in [-0.3, -0.25) is 9.59 Å². The summed E-state index contributed by atoms with van der Waals surface area (Å²) >= 11 is 0. The maximum Gasteiger partial charge on any atom is 0.339 e. The highest BCUT2D eigenvalue weighted by molar-refractivity contribution is 5.95. The molecule has 174 valence electrons. The molecule has 0 fully saturated rings. The Morgan fingerprint density at radius 3 is 2.58 bits per heavy atom. The highest BCUT2D eigenvalue weighted by Crippen LogP contribution is 2.24. The fourth-order valence-electron chi connectivity index (χ4n) is 3.82. The van der Waals surface area contributed by atoms with Crippen LogP contribution in [0.15, 0.2) is 51.7 Å². The summed E-state index contributed by atoms with van der Waals surface area (Å²) < 4.78 is 10.7. The first-order valence-electron chi connectivity index (χ1n) is 11.1. The lowest BCUT2D eigenvalue weighted by atomic mass is 10.0. The van der Waals surface area contributed by atoms with Gasteiger partial charge in [-0.05, 0) is 56.0 Å². The third-order valence-electron chi connectivity index (χ3n) is 5.68. The Balaban J connectivity index is 1.70. The van der Waals surface area contributed by atoms with Crippen LogP contribution in [-0.4, -0.2) is 36.9 Å². The van der Waals surface area contributed by atoms with Crippen molar-refractivity contribution < 1.29 is 18.7 Å². The van der Waals surface area contributed by atoms with Gasteiger partial charge >= 0.3 is 5.63 Å². The maximum absolute atomic E-state index is 12.9. The number of methoxy groups -OCH3 is 1. The molecule has 0 spiro atoms. The van der Waals surface area contributed by atoms with Crippen molar-refractivity contribution >= 4 is 28.5 Å². The Hall–Kier alpha value is -3.61. The lowest BCUT2D eigenvalue weighted by Gasteiger charge is -2.22. The van der Waals surface area contributed by atoms with Crippen LogP contribution in [0.25, 0.3) is 11.0 Å². The van der Waals surface area contributed by atoms with Gasteiger partial charge in [-0.1, -0.05) is 25.1 Å². The second-order valence-corrected chi connectivity index (χ2v) is 8.03. The summed E-state index contributed by atoms with van der Waals surface area (Å²) in [4.78, 5) is 39.6. The number of carbonyl (C=O) groups excluding carboxylic acids is 2. The quantitative estimate of drug-likeness (QED) is 0.493. The molecule has 0 aliphatic carbocycles. The number of nitrogens with zero attached hydrogens (tertiary/aromatic N) is 1. The number of benzene rings is 2. The average Bonchev–Trinajstić information content (AvgIpc) is 2.79. The molecule has 0 radical (unpaired) electrons. The number of nitrogens with one attached hydrogen (secondary N) is 1. The van der Waals surface area contributed by atoms with Gasteiger partial charge < -0.3 is 19.4 Å². The van der Waals surface area contributed by atoms with Gasteiger partial charge in [-0.15, -0.1) is 0 Å². The van der Waals surface area contributed by atoms with Crippen LogP contribution in [0, 0.1) is 13.8 Å². The minimum Gasteiger partial charge on any atom is -0.497 e. The van der Waals surface area contributed by atoms with E-state index < -0.39 is 5.63 Å². The average molecular weight is 451 g/mol. The Bertz CT molecular complexity index is 1220. The van der Waals surface area contributed by atoms with Crippen LogP contribution in [0.3, 0.4) is 0 Å². The lowest BCUT2D eigenvalue weighted by molar-refractivity contribution is -0.134. The van der Waals surface area contributed by atoms with Crippen LogP contribution in [-0.2, 0) is 16.0 Å². The van der Waals surface area contributed by atoms with Gasteiger partial charge in [0.25, 0.3) is 0 Å². The first-order chi connectivity index (χ1) is 15.8. The minimum atomic E-state index is -0.458. The first-order valence-corrected chi connectivity index (χ1v) is 11.1. The molecule has 33 heavy (non-hydrogen) atoms. The number of para-hydroxylation sites is 1. The number of amides is 2. The highest BCUT2D eigenvalue weighted by atomic mass is 16.5. The van der Waals surface area contributed by atoms with Crippen LogP contribution < -0.4 is 15.7 Å². The Labute approximate surface area is 193 Å². The molecule has 1 heterocycles. The summed E-state index contributed by atoms with van der Waals surface area (Å²) in [6.07, 6.45) is 1.09. The van der Waals surface area contributed by atoms with Gasteiger partial charge in [0.05, 0.1) is 13.7 Å². The molecule has 0 saturated carbocycles. The molecule has 3 aromatic rings. The predicted molar refractivity (Wildman–Crippen MR) is 129 cm³/mol. The van der Waals surface area contributed by atoms with Crippen molar-refractivity contribution in [3.05, 3.63) is 69.6 Å². The molecule has 2 amide bonds. The van der Waals surface area contributed by atoms with Gasteiger partial charge in [0.2, 0.25) is 11.8 Å². The second-order valence-electron chi connectivity index (χ2n) is 8.03. The Kier molecular flexibility index (Phi) is 7.87. The van der Waals surface area contributed by atoms with Crippen LogP contribution in [0.2, 0.25) is 0 Å². The van der Waals surface area contributed by atoms with E-state index in [9.17, 15) is 14.4 Å². The zero-order chi connectivity index (χ0) is 24.0. The molecule has 1 aromatic heterocycles. The van der Waals surface area contributed by atoms with Crippen LogP contribution in [0.1, 0.15) is 36.5 Å². The maximum atomic E-state index is 12.9. The molecule has 3 rings (SSSR count). The topological polar surface area (TPSA) is 88.8 Å². The fraction of sp³-hybridized carbons (Fsp3) is 0.346. The molecule has 0 aliphatic heterocycles. The van der Waals surface area contributed by atoms with E-state index in [1.165, 1.54) is 4.90 Å². The fourth-order valence-corrected chi connectivity index (χ4v) is 3.82. The number of rotatable bonds is 9. The standard InChI is InChI=1S/C26H30N2O5/c1-5-14-28(16-24(29)27-22-9-7-6-8-17(22)2)25(30)13-12-21-18(3)20-11-10-19(32-4)15-23(20)33-26(21)31/h6-11,15H,5,12-14,16H2,1-4H3,(H,27,29). The largest absolute Gasteiger partial charge is 0.497 e. The van der Waals surface area contributed by atoms with E-state index in [1.807, 2.05) is 51.1 Å². The van der Waals surface area contributed by atoms with Gasteiger partial charge in [0, 0.05) is 35.7 Å². The third-order valence-corrected chi connectivity index (χ3v) is 5.68. The number of hydrogen-bond donors (Lipinski definition) is 1. The number of aryl methyl sites for hydroxylation is 2. The molecule has 0 bridgehead atoms. The van der Waals surface area contributed by atoms with Crippen LogP contribution >= 0.6 is 0 Å². The van der Waals surface area contributed by atoms with Gasteiger partial charge in [0.15, 0.2) is 0 Å². The van der Waals surface area contributed by atoms with Crippen molar-refractivity contribution in [2.75, 3.05) is 25.5 Å². The zero-order valence-electron chi connectivity index (χ0n) is 19.6. The number of ether oxygens (including phenoxy) is 1. The number of anilines is 1. The van der Waals surface area contributed by atoms with E-state index in [1.54, 1.807) is 19.2 Å². The summed E-state index contributed by atoms with van der Waals surface area (Å²) in [6.45, 7) is 6.15.